The predicted molar refractivity (Wildman–Crippen MR) is 92.7 cm³/mol. The molecule has 0 saturated heterocycles. The molecule has 0 bridgehead atoms. The highest BCUT2D eigenvalue weighted by Crippen LogP contribution is 2.25. The van der Waals surface area contributed by atoms with Gasteiger partial charge in [-0.2, -0.15) is 4.72 Å². The van der Waals surface area contributed by atoms with Crippen LogP contribution in [0.5, 0.6) is 0 Å². The molecule has 134 valence electrons. The van der Waals surface area contributed by atoms with Crippen LogP contribution in [-0.2, 0) is 14.8 Å². The number of hydrogen-bond acceptors (Lipinski definition) is 6. The summed E-state index contributed by atoms with van der Waals surface area (Å²) in [7, 11) is -3.96. The molecule has 3 rings (SSSR count). The van der Waals surface area contributed by atoms with Crippen molar-refractivity contribution in [3.8, 4) is 22.9 Å². The zero-order valence-electron chi connectivity index (χ0n) is 13.7. The minimum Gasteiger partial charge on any atom is -0.480 e. The molecule has 0 spiro atoms. The third-order valence-corrected chi connectivity index (χ3v) is 4.93. The molecule has 0 aliphatic heterocycles. The first-order valence-corrected chi connectivity index (χ1v) is 9.06. The number of carbonyl (C=O) groups is 1. The first-order chi connectivity index (χ1) is 12.3. The first-order valence-electron chi connectivity index (χ1n) is 7.57. The Morgan fingerprint density at radius 3 is 2.38 bits per heavy atom. The van der Waals surface area contributed by atoms with E-state index in [1.54, 1.807) is 6.07 Å². The minimum absolute atomic E-state index is 0.0914. The highest BCUT2D eigenvalue weighted by atomic mass is 32.2. The van der Waals surface area contributed by atoms with Gasteiger partial charge in [0.15, 0.2) is 0 Å². The van der Waals surface area contributed by atoms with E-state index in [-0.39, 0.29) is 10.8 Å². The zero-order chi connectivity index (χ0) is 18.7. The third-order valence-electron chi connectivity index (χ3n) is 3.53. The molecule has 2 aromatic carbocycles. The van der Waals surface area contributed by atoms with Gasteiger partial charge in [-0.15, -0.1) is 10.2 Å². The van der Waals surface area contributed by atoms with E-state index >= 15 is 0 Å². The van der Waals surface area contributed by atoms with Crippen LogP contribution in [0.25, 0.3) is 22.9 Å². The van der Waals surface area contributed by atoms with Crippen molar-refractivity contribution >= 4 is 16.0 Å². The van der Waals surface area contributed by atoms with Crippen molar-refractivity contribution < 1.29 is 22.7 Å². The Labute approximate surface area is 149 Å². The van der Waals surface area contributed by atoms with Crippen LogP contribution in [0.4, 0.5) is 0 Å². The van der Waals surface area contributed by atoms with E-state index in [0.29, 0.717) is 11.5 Å². The Morgan fingerprint density at radius 2 is 1.73 bits per heavy atom. The Balaban J connectivity index is 1.89. The highest BCUT2D eigenvalue weighted by molar-refractivity contribution is 7.89. The lowest BCUT2D eigenvalue weighted by Crippen LogP contribution is -2.29. The Bertz CT molecular complexity index is 1040. The molecule has 0 aliphatic carbocycles. The number of aryl methyl sites for hydroxylation is 1. The summed E-state index contributed by atoms with van der Waals surface area (Å²) in [5.74, 6) is -0.794. The van der Waals surface area contributed by atoms with Gasteiger partial charge >= 0.3 is 5.97 Å². The smallest absolute Gasteiger partial charge is 0.318 e. The lowest BCUT2D eigenvalue weighted by Gasteiger charge is -2.05. The van der Waals surface area contributed by atoms with Gasteiger partial charge in [-0.05, 0) is 37.3 Å². The number of aliphatic carboxylic acids is 1. The van der Waals surface area contributed by atoms with Crippen molar-refractivity contribution in [3.63, 3.8) is 0 Å². The van der Waals surface area contributed by atoms with Crippen LogP contribution < -0.4 is 4.72 Å². The maximum absolute atomic E-state index is 12.1. The average molecular weight is 373 g/mol. The Morgan fingerprint density at radius 1 is 1.08 bits per heavy atom. The summed E-state index contributed by atoms with van der Waals surface area (Å²) in [6.45, 7) is 1.26. The van der Waals surface area contributed by atoms with Gasteiger partial charge in [0.05, 0.1) is 4.90 Å². The third kappa shape index (κ3) is 3.95. The number of nitrogens with one attached hydrogen (secondary N) is 1. The van der Waals surface area contributed by atoms with Gasteiger partial charge in [0.1, 0.15) is 6.54 Å². The number of carboxylic acid groups (broad SMARTS) is 1. The molecule has 1 aromatic heterocycles. The number of sulfonamides is 1. The number of rotatable bonds is 6. The van der Waals surface area contributed by atoms with Crippen molar-refractivity contribution in [2.24, 2.45) is 0 Å². The second-order valence-corrected chi connectivity index (χ2v) is 7.29. The summed E-state index contributed by atoms with van der Waals surface area (Å²) in [6.07, 6.45) is 0. The van der Waals surface area contributed by atoms with Gasteiger partial charge < -0.3 is 9.52 Å². The maximum Gasteiger partial charge on any atom is 0.318 e. The molecule has 0 amide bonds. The number of aromatic nitrogens is 2. The minimum atomic E-state index is -3.96. The molecule has 1 heterocycles. The van der Waals surface area contributed by atoms with E-state index in [4.69, 9.17) is 9.52 Å². The summed E-state index contributed by atoms with van der Waals surface area (Å²) in [5.41, 5.74) is 2.26. The largest absolute Gasteiger partial charge is 0.480 e. The van der Waals surface area contributed by atoms with E-state index in [0.717, 1.165) is 11.1 Å². The van der Waals surface area contributed by atoms with Gasteiger partial charge in [-0.3, -0.25) is 4.79 Å². The van der Waals surface area contributed by atoms with Gasteiger partial charge in [0.25, 0.3) is 0 Å². The number of hydrogen-bond donors (Lipinski definition) is 2. The maximum atomic E-state index is 12.1. The predicted octanol–water partition coefficient (Wildman–Crippen LogP) is 2.07. The van der Waals surface area contributed by atoms with Crippen LogP contribution in [-0.4, -0.2) is 36.2 Å². The average Bonchev–Trinajstić information content (AvgIpc) is 3.11. The van der Waals surface area contributed by atoms with Crippen LogP contribution in [0, 0.1) is 6.92 Å². The molecule has 0 saturated carbocycles. The summed E-state index contributed by atoms with van der Waals surface area (Å²) in [5, 5.41) is 16.6. The van der Waals surface area contributed by atoms with Crippen molar-refractivity contribution in [2.75, 3.05) is 6.54 Å². The molecule has 0 fully saturated rings. The Kier molecular flexibility index (Phi) is 4.83. The van der Waals surface area contributed by atoms with Crippen molar-refractivity contribution in [1.82, 2.24) is 14.9 Å². The summed E-state index contributed by atoms with van der Waals surface area (Å²) in [6, 6.07) is 13.4. The van der Waals surface area contributed by atoms with Crippen molar-refractivity contribution in [3.05, 3.63) is 54.1 Å². The van der Waals surface area contributed by atoms with Gasteiger partial charge in [0.2, 0.25) is 21.8 Å². The fraction of sp³-hybridized carbons (Fsp3) is 0.118. The standard InChI is InChI=1S/C17H15N3O5S/c1-11-5-7-12(8-6-11)16-19-20-17(25-16)13-3-2-4-14(9-13)26(23,24)18-10-15(21)22/h2-9,18H,10H2,1H3,(H,21,22). The molecule has 0 aliphatic rings. The second kappa shape index (κ2) is 7.06. The zero-order valence-corrected chi connectivity index (χ0v) is 14.5. The molecule has 3 aromatic rings. The van der Waals surface area contributed by atoms with Crippen LogP contribution in [0.3, 0.4) is 0 Å². The summed E-state index contributed by atoms with van der Waals surface area (Å²) in [4.78, 5) is 10.5. The van der Waals surface area contributed by atoms with E-state index in [9.17, 15) is 13.2 Å². The number of carboxylic acids is 1. The monoisotopic (exact) mass is 373 g/mol. The van der Waals surface area contributed by atoms with Gasteiger partial charge in [-0.25, -0.2) is 8.42 Å². The number of benzene rings is 2. The SMILES string of the molecule is Cc1ccc(-c2nnc(-c3cccc(S(=O)(=O)NCC(=O)O)c3)o2)cc1. The van der Waals surface area contributed by atoms with Crippen LogP contribution in [0.2, 0.25) is 0 Å². The second-order valence-electron chi connectivity index (χ2n) is 5.52. The molecule has 2 N–H and O–H groups in total. The molecular weight excluding hydrogens is 358 g/mol. The van der Waals surface area contributed by atoms with Crippen LogP contribution >= 0.6 is 0 Å². The normalized spacial score (nSPS) is 11.4. The molecule has 8 nitrogen and oxygen atoms in total. The molecular formula is C17H15N3O5S. The van der Waals surface area contributed by atoms with E-state index < -0.39 is 22.5 Å². The fourth-order valence-electron chi connectivity index (χ4n) is 2.19. The van der Waals surface area contributed by atoms with Crippen LogP contribution in [0.15, 0.2) is 57.8 Å². The molecule has 0 radical (unpaired) electrons. The van der Waals surface area contributed by atoms with Gasteiger partial charge in [0, 0.05) is 11.1 Å². The molecule has 9 heteroatoms. The van der Waals surface area contributed by atoms with E-state index in [2.05, 4.69) is 10.2 Å². The van der Waals surface area contributed by atoms with Gasteiger partial charge in [-0.1, -0.05) is 23.8 Å². The molecule has 26 heavy (non-hydrogen) atoms. The van der Waals surface area contributed by atoms with Crippen LogP contribution in [0.1, 0.15) is 5.56 Å². The summed E-state index contributed by atoms with van der Waals surface area (Å²) < 4.78 is 31.9. The van der Waals surface area contributed by atoms with Crippen molar-refractivity contribution in [2.45, 2.75) is 11.8 Å². The van der Waals surface area contributed by atoms with E-state index in [1.165, 1.54) is 18.2 Å². The lowest BCUT2D eigenvalue weighted by molar-refractivity contribution is -0.135. The van der Waals surface area contributed by atoms with E-state index in [1.807, 2.05) is 35.9 Å². The number of nitrogens with zero attached hydrogens (tertiary/aromatic N) is 2. The first kappa shape index (κ1) is 17.8. The molecule has 0 unspecified atom stereocenters. The molecule has 0 atom stereocenters. The Hall–Kier alpha value is -3.04. The van der Waals surface area contributed by atoms with Crippen molar-refractivity contribution in [1.29, 1.82) is 0 Å². The fourth-order valence-corrected chi connectivity index (χ4v) is 3.21. The summed E-state index contributed by atoms with van der Waals surface area (Å²) >= 11 is 0. The topological polar surface area (TPSA) is 122 Å². The highest BCUT2D eigenvalue weighted by Gasteiger charge is 2.18. The lowest BCUT2D eigenvalue weighted by atomic mass is 10.1. The quantitative estimate of drug-likeness (QED) is 0.678.